The molecule has 0 bridgehead atoms. The SMILES string of the molecule is COCCN(CCO)c1ncncc1Cl. The maximum absolute atomic E-state index is 8.92. The molecule has 0 aliphatic heterocycles. The Kier molecular flexibility index (Phi) is 5.31. The smallest absolute Gasteiger partial charge is 0.150 e. The van der Waals surface area contributed by atoms with Gasteiger partial charge in [-0.1, -0.05) is 11.6 Å². The van der Waals surface area contributed by atoms with Crippen molar-refractivity contribution in [1.29, 1.82) is 0 Å². The zero-order valence-corrected chi connectivity index (χ0v) is 9.31. The summed E-state index contributed by atoms with van der Waals surface area (Å²) in [5.41, 5.74) is 0. The molecule has 1 aromatic rings. The predicted molar refractivity (Wildman–Crippen MR) is 58.2 cm³/mol. The maximum atomic E-state index is 8.92. The molecule has 0 radical (unpaired) electrons. The summed E-state index contributed by atoms with van der Waals surface area (Å²) in [6.45, 7) is 1.71. The molecule has 0 spiro atoms. The molecule has 84 valence electrons. The van der Waals surface area contributed by atoms with Crippen molar-refractivity contribution >= 4 is 17.4 Å². The normalized spacial score (nSPS) is 10.3. The van der Waals surface area contributed by atoms with Gasteiger partial charge in [-0.3, -0.25) is 0 Å². The van der Waals surface area contributed by atoms with Crippen LogP contribution in [0.25, 0.3) is 0 Å². The average molecular weight is 232 g/mol. The van der Waals surface area contributed by atoms with Crippen molar-refractivity contribution in [3.63, 3.8) is 0 Å². The Morgan fingerprint density at radius 3 is 2.93 bits per heavy atom. The first-order chi connectivity index (χ1) is 7.29. The van der Waals surface area contributed by atoms with Gasteiger partial charge in [0.15, 0.2) is 5.82 Å². The van der Waals surface area contributed by atoms with Gasteiger partial charge in [0.1, 0.15) is 11.3 Å². The third-order valence-electron chi connectivity index (χ3n) is 1.88. The first-order valence-electron chi connectivity index (χ1n) is 4.60. The van der Waals surface area contributed by atoms with Crippen LogP contribution in [0.3, 0.4) is 0 Å². The van der Waals surface area contributed by atoms with Gasteiger partial charge in [-0.05, 0) is 0 Å². The summed E-state index contributed by atoms with van der Waals surface area (Å²) < 4.78 is 4.97. The van der Waals surface area contributed by atoms with E-state index in [0.717, 1.165) is 0 Å². The van der Waals surface area contributed by atoms with Crippen molar-refractivity contribution in [1.82, 2.24) is 9.97 Å². The summed E-state index contributed by atoms with van der Waals surface area (Å²) in [5.74, 6) is 0.623. The second-order valence-corrected chi connectivity index (χ2v) is 3.30. The van der Waals surface area contributed by atoms with Crippen molar-refractivity contribution in [3.8, 4) is 0 Å². The van der Waals surface area contributed by atoms with Crippen LogP contribution in [0.1, 0.15) is 0 Å². The van der Waals surface area contributed by atoms with Crippen molar-refractivity contribution in [2.45, 2.75) is 0 Å². The van der Waals surface area contributed by atoms with Crippen LogP contribution in [0.5, 0.6) is 0 Å². The highest BCUT2D eigenvalue weighted by atomic mass is 35.5. The summed E-state index contributed by atoms with van der Waals surface area (Å²) in [5, 5.41) is 9.39. The lowest BCUT2D eigenvalue weighted by Crippen LogP contribution is -2.31. The van der Waals surface area contributed by atoms with Crippen LogP contribution in [0.2, 0.25) is 5.02 Å². The van der Waals surface area contributed by atoms with E-state index in [4.69, 9.17) is 21.4 Å². The number of aliphatic hydroxyl groups excluding tert-OH is 1. The molecule has 0 amide bonds. The van der Waals surface area contributed by atoms with Crippen LogP contribution < -0.4 is 4.90 Å². The van der Waals surface area contributed by atoms with Crippen LogP contribution in [0.15, 0.2) is 12.5 Å². The third-order valence-corrected chi connectivity index (χ3v) is 2.15. The quantitative estimate of drug-likeness (QED) is 0.776. The molecule has 15 heavy (non-hydrogen) atoms. The standard InChI is InChI=1S/C9H14ClN3O2/c1-15-5-3-13(2-4-14)9-8(10)6-11-7-12-9/h6-7,14H,2-5H2,1H3. The van der Waals surface area contributed by atoms with Crippen LogP contribution in [0.4, 0.5) is 5.82 Å². The Morgan fingerprint density at radius 1 is 1.53 bits per heavy atom. The molecular weight excluding hydrogens is 218 g/mol. The minimum Gasteiger partial charge on any atom is -0.395 e. The highest BCUT2D eigenvalue weighted by molar-refractivity contribution is 6.32. The van der Waals surface area contributed by atoms with Crippen molar-refractivity contribution in [3.05, 3.63) is 17.5 Å². The molecule has 0 saturated carbocycles. The fourth-order valence-corrected chi connectivity index (χ4v) is 1.41. The molecule has 0 atom stereocenters. The van der Waals surface area contributed by atoms with Gasteiger partial charge in [0.2, 0.25) is 0 Å². The first kappa shape index (κ1) is 12.2. The highest BCUT2D eigenvalue weighted by Gasteiger charge is 2.10. The van der Waals surface area contributed by atoms with Crippen LogP contribution in [-0.2, 0) is 4.74 Å². The molecule has 0 unspecified atom stereocenters. The number of hydrogen-bond donors (Lipinski definition) is 1. The molecular formula is C9H14ClN3O2. The summed E-state index contributed by atoms with van der Waals surface area (Å²) in [7, 11) is 1.62. The van der Waals surface area contributed by atoms with Crippen LogP contribution in [-0.4, -0.2) is 48.5 Å². The number of rotatable bonds is 6. The molecule has 1 aromatic heterocycles. The zero-order chi connectivity index (χ0) is 11.1. The number of anilines is 1. The van der Waals surface area contributed by atoms with Gasteiger partial charge in [-0.25, -0.2) is 9.97 Å². The van der Waals surface area contributed by atoms with Gasteiger partial charge >= 0.3 is 0 Å². The van der Waals surface area contributed by atoms with Gasteiger partial charge in [-0.15, -0.1) is 0 Å². The molecule has 6 heteroatoms. The van der Waals surface area contributed by atoms with E-state index in [1.54, 1.807) is 7.11 Å². The monoisotopic (exact) mass is 231 g/mol. The van der Waals surface area contributed by atoms with E-state index in [0.29, 0.717) is 30.5 Å². The van der Waals surface area contributed by atoms with E-state index in [-0.39, 0.29) is 6.61 Å². The topological polar surface area (TPSA) is 58.5 Å². The predicted octanol–water partition coefficient (Wildman–Crippen LogP) is 0.575. The molecule has 0 fully saturated rings. The van der Waals surface area contributed by atoms with E-state index >= 15 is 0 Å². The summed E-state index contributed by atoms with van der Waals surface area (Å²) in [6, 6.07) is 0. The maximum Gasteiger partial charge on any atom is 0.150 e. The fraction of sp³-hybridized carbons (Fsp3) is 0.556. The molecule has 5 nitrogen and oxygen atoms in total. The minimum absolute atomic E-state index is 0.0457. The van der Waals surface area contributed by atoms with Crippen molar-refractivity contribution in [2.24, 2.45) is 0 Å². The zero-order valence-electron chi connectivity index (χ0n) is 8.56. The summed E-state index contributed by atoms with van der Waals surface area (Å²) in [6.07, 6.45) is 2.96. The van der Waals surface area contributed by atoms with Gasteiger partial charge in [0.25, 0.3) is 0 Å². The van der Waals surface area contributed by atoms with Crippen LogP contribution >= 0.6 is 11.6 Å². The molecule has 0 saturated heterocycles. The Hall–Kier alpha value is -0.910. The number of ether oxygens (including phenoxy) is 1. The molecule has 1 rings (SSSR count). The Labute approximate surface area is 93.7 Å². The Morgan fingerprint density at radius 2 is 2.33 bits per heavy atom. The lowest BCUT2D eigenvalue weighted by atomic mass is 10.4. The lowest BCUT2D eigenvalue weighted by Gasteiger charge is -2.22. The van der Waals surface area contributed by atoms with E-state index in [2.05, 4.69) is 9.97 Å². The molecule has 1 heterocycles. The molecule has 0 aliphatic carbocycles. The summed E-state index contributed by atoms with van der Waals surface area (Å²) >= 11 is 5.94. The van der Waals surface area contributed by atoms with Gasteiger partial charge in [0.05, 0.1) is 19.4 Å². The Bertz CT molecular complexity index is 298. The molecule has 0 aliphatic rings. The largest absolute Gasteiger partial charge is 0.395 e. The number of aliphatic hydroxyl groups is 1. The minimum atomic E-state index is 0.0457. The van der Waals surface area contributed by atoms with Gasteiger partial charge < -0.3 is 14.7 Å². The lowest BCUT2D eigenvalue weighted by molar-refractivity contribution is 0.202. The molecule has 0 aromatic carbocycles. The average Bonchev–Trinajstić information content (AvgIpc) is 2.25. The summed E-state index contributed by atoms with van der Waals surface area (Å²) in [4.78, 5) is 9.73. The van der Waals surface area contributed by atoms with Crippen molar-refractivity contribution < 1.29 is 9.84 Å². The number of nitrogens with zero attached hydrogens (tertiary/aromatic N) is 3. The van der Waals surface area contributed by atoms with Gasteiger partial charge in [-0.2, -0.15) is 0 Å². The van der Waals surface area contributed by atoms with Crippen molar-refractivity contribution in [2.75, 3.05) is 38.3 Å². The number of hydrogen-bond acceptors (Lipinski definition) is 5. The van der Waals surface area contributed by atoms with E-state index < -0.39 is 0 Å². The molecule has 1 N–H and O–H groups in total. The number of aromatic nitrogens is 2. The second kappa shape index (κ2) is 6.55. The van der Waals surface area contributed by atoms with Gasteiger partial charge in [0, 0.05) is 20.2 Å². The van der Waals surface area contributed by atoms with E-state index in [9.17, 15) is 0 Å². The fourth-order valence-electron chi connectivity index (χ4n) is 1.18. The third kappa shape index (κ3) is 3.62. The Balaban J connectivity index is 2.74. The first-order valence-corrected chi connectivity index (χ1v) is 4.97. The second-order valence-electron chi connectivity index (χ2n) is 2.90. The van der Waals surface area contributed by atoms with E-state index in [1.807, 2.05) is 4.90 Å². The number of methoxy groups -OCH3 is 1. The highest BCUT2D eigenvalue weighted by Crippen LogP contribution is 2.20. The van der Waals surface area contributed by atoms with E-state index in [1.165, 1.54) is 12.5 Å². The van der Waals surface area contributed by atoms with Crippen LogP contribution in [0, 0.1) is 0 Å². The number of halogens is 1.